The summed E-state index contributed by atoms with van der Waals surface area (Å²) in [6.07, 6.45) is 5.03. The van der Waals surface area contributed by atoms with Crippen LogP contribution in [0, 0.1) is 0 Å². The fourth-order valence-corrected chi connectivity index (χ4v) is 3.41. The highest BCUT2D eigenvalue weighted by atomic mass is 16.5. The van der Waals surface area contributed by atoms with Crippen molar-refractivity contribution >= 4 is 0 Å². The van der Waals surface area contributed by atoms with Crippen LogP contribution in [0.25, 0.3) is 0 Å². The lowest BCUT2D eigenvalue weighted by atomic mass is 9.91. The van der Waals surface area contributed by atoms with Crippen LogP contribution < -0.4 is 10.5 Å². The molecule has 2 N–H and O–H groups in total. The normalized spacial score (nSPS) is 18.5. The minimum absolute atomic E-state index is 0.0716. The summed E-state index contributed by atoms with van der Waals surface area (Å²) in [5.41, 5.74) is 10.5. The predicted octanol–water partition coefficient (Wildman–Crippen LogP) is 3.03. The Morgan fingerprint density at radius 2 is 2.24 bits per heavy atom. The molecule has 4 heteroatoms. The lowest BCUT2D eigenvalue weighted by Crippen LogP contribution is -2.23. The Balaban J connectivity index is 1.96. The van der Waals surface area contributed by atoms with Crippen molar-refractivity contribution in [1.29, 1.82) is 0 Å². The zero-order chi connectivity index (χ0) is 14.8. The van der Waals surface area contributed by atoms with E-state index in [4.69, 9.17) is 10.5 Å². The van der Waals surface area contributed by atoms with E-state index >= 15 is 0 Å². The molecule has 0 bridgehead atoms. The SMILES string of the molecule is CCCn1ncc(OC)c1C(N)C1CCc2ccccc21. The van der Waals surface area contributed by atoms with Crippen LogP contribution >= 0.6 is 0 Å². The molecule has 2 atom stereocenters. The van der Waals surface area contributed by atoms with Crippen molar-refractivity contribution in [2.75, 3.05) is 7.11 Å². The van der Waals surface area contributed by atoms with Gasteiger partial charge in [-0.2, -0.15) is 5.10 Å². The quantitative estimate of drug-likeness (QED) is 0.918. The third-order valence-electron chi connectivity index (χ3n) is 4.43. The van der Waals surface area contributed by atoms with Gasteiger partial charge in [0.1, 0.15) is 0 Å². The molecule has 112 valence electrons. The van der Waals surface area contributed by atoms with Gasteiger partial charge in [-0.15, -0.1) is 0 Å². The maximum Gasteiger partial charge on any atom is 0.161 e. The monoisotopic (exact) mass is 285 g/mol. The van der Waals surface area contributed by atoms with Gasteiger partial charge in [0, 0.05) is 12.5 Å². The minimum Gasteiger partial charge on any atom is -0.493 e. The maximum atomic E-state index is 6.63. The van der Waals surface area contributed by atoms with Crippen molar-refractivity contribution in [3.63, 3.8) is 0 Å². The number of hydrogen-bond acceptors (Lipinski definition) is 3. The Morgan fingerprint density at radius 1 is 1.43 bits per heavy atom. The van der Waals surface area contributed by atoms with Crippen LogP contribution in [-0.2, 0) is 13.0 Å². The van der Waals surface area contributed by atoms with Crippen LogP contribution in [0.3, 0.4) is 0 Å². The van der Waals surface area contributed by atoms with Gasteiger partial charge < -0.3 is 10.5 Å². The largest absolute Gasteiger partial charge is 0.493 e. The van der Waals surface area contributed by atoms with Crippen molar-refractivity contribution in [3.05, 3.63) is 47.3 Å². The highest BCUT2D eigenvalue weighted by Gasteiger charge is 2.32. The highest BCUT2D eigenvalue weighted by Crippen LogP contribution is 2.42. The molecule has 1 aromatic carbocycles. The smallest absolute Gasteiger partial charge is 0.161 e. The average Bonchev–Trinajstić information content (AvgIpc) is 3.10. The molecule has 0 saturated carbocycles. The summed E-state index contributed by atoms with van der Waals surface area (Å²) in [6, 6.07) is 8.55. The van der Waals surface area contributed by atoms with Gasteiger partial charge in [-0.3, -0.25) is 4.68 Å². The third kappa shape index (κ3) is 2.44. The Kier molecular flexibility index (Phi) is 3.97. The second-order valence-corrected chi connectivity index (χ2v) is 5.69. The van der Waals surface area contributed by atoms with E-state index in [0.717, 1.165) is 37.3 Å². The lowest BCUT2D eigenvalue weighted by molar-refractivity contribution is 0.392. The first-order chi connectivity index (χ1) is 10.3. The van der Waals surface area contributed by atoms with E-state index in [2.05, 4.69) is 36.3 Å². The molecule has 0 aliphatic heterocycles. The predicted molar refractivity (Wildman–Crippen MR) is 83.5 cm³/mol. The molecule has 2 unspecified atom stereocenters. The van der Waals surface area contributed by atoms with Crippen molar-refractivity contribution in [2.24, 2.45) is 5.73 Å². The fourth-order valence-electron chi connectivity index (χ4n) is 3.41. The van der Waals surface area contributed by atoms with E-state index < -0.39 is 0 Å². The summed E-state index contributed by atoms with van der Waals surface area (Å²) < 4.78 is 7.48. The van der Waals surface area contributed by atoms with Crippen molar-refractivity contribution < 1.29 is 4.74 Å². The first-order valence-electron chi connectivity index (χ1n) is 7.69. The number of nitrogens with two attached hydrogens (primary N) is 1. The van der Waals surface area contributed by atoms with Crippen LogP contribution in [0.1, 0.15) is 48.5 Å². The number of methoxy groups -OCH3 is 1. The first kappa shape index (κ1) is 14.1. The molecule has 0 radical (unpaired) electrons. The molecule has 0 fully saturated rings. The second kappa shape index (κ2) is 5.90. The molecule has 0 saturated heterocycles. The van der Waals surface area contributed by atoms with E-state index in [0.29, 0.717) is 5.92 Å². The minimum atomic E-state index is -0.0716. The summed E-state index contributed by atoms with van der Waals surface area (Å²) >= 11 is 0. The topological polar surface area (TPSA) is 53.1 Å². The van der Waals surface area contributed by atoms with Crippen LogP contribution in [-0.4, -0.2) is 16.9 Å². The molecule has 1 heterocycles. The number of fused-ring (bicyclic) bond motifs is 1. The van der Waals surface area contributed by atoms with Gasteiger partial charge in [-0.05, 0) is 30.4 Å². The van der Waals surface area contributed by atoms with Gasteiger partial charge in [0.2, 0.25) is 0 Å². The van der Waals surface area contributed by atoms with Crippen molar-refractivity contribution in [1.82, 2.24) is 9.78 Å². The Hall–Kier alpha value is -1.81. The molecule has 4 nitrogen and oxygen atoms in total. The van der Waals surface area contributed by atoms with Gasteiger partial charge in [0.15, 0.2) is 5.75 Å². The average molecular weight is 285 g/mol. The second-order valence-electron chi connectivity index (χ2n) is 5.69. The third-order valence-corrected chi connectivity index (χ3v) is 4.43. The van der Waals surface area contributed by atoms with Crippen molar-refractivity contribution in [2.45, 2.75) is 44.7 Å². The molecule has 0 amide bonds. The molecule has 21 heavy (non-hydrogen) atoms. The number of aromatic nitrogens is 2. The molecule has 1 aromatic heterocycles. The zero-order valence-corrected chi connectivity index (χ0v) is 12.7. The summed E-state index contributed by atoms with van der Waals surface area (Å²) in [4.78, 5) is 0. The van der Waals surface area contributed by atoms with Crippen LogP contribution in [0.2, 0.25) is 0 Å². The Bertz CT molecular complexity index is 620. The Morgan fingerprint density at radius 3 is 3.00 bits per heavy atom. The molecular formula is C17H23N3O. The van der Waals surface area contributed by atoms with Gasteiger partial charge in [0.05, 0.1) is 25.0 Å². The van der Waals surface area contributed by atoms with Gasteiger partial charge >= 0.3 is 0 Å². The van der Waals surface area contributed by atoms with Crippen LogP contribution in [0.5, 0.6) is 5.75 Å². The molecule has 3 rings (SSSR count). The molecule has 2 aromatic rings. The van der Waals surface area contributed by atoms with Gasteiger partial charge in [-0.1, -0.05) is 31.2 Å². The molecule has 1 aliphatic carbocycles. The molecule has 0 spiro atoms. The summed E-state index contributed by atoms with van der Waals surface area (Å²) in [5, 5.41) is 4.44. The van der Waals surface area contributed by atoms with Crippen molar-refractivity contribution in [3.8, 4) is 5.75 Å². The standard InChI is InChI=1S/C17H23N3O/c1-3-10-20-17(15(21-2)11-19-20)16(18)14-9-8-12-6-4-5-7-13(12)14/h4-7,11,14,16H,3,8-10,18H2,1-2H3. The highest BCUT2D eigenvalue weighted by molar-refractivity contribution is 5.39. The maximum absolute atomic E-state index is 6.63. The number of rotatable bonds is 5. The number of hydrogen-bond donors (Lipinski definition) is 1. The van der Waals surface area contributed by atoms with Crippen LogP contribution in [0.4, 0.5) is 0 Å². The van der Waals surface area contributed by atoms with E-state index in [1.54, 1.807) is 13.3 Å². The lowest BCUT2D eigenvalue weighted by Gasteiger charge is -2.22. The number of aryl methyl sites for hydroxylation is 2. The van der Waals surface area contributed by atoms with E-state index in [-0.39, 0.29) is 6.04 Å². The number of benzene rings is 1. The van der Waals surface area contributed by atoms with Crippen LogP contribution in [0.15, 0.2) is 30.5 Å². The fraction of sp³-hybridized carbons (Fsp3) is 0.471. The Labute approximate surface area is 125 Å². The first-order valence-corrected chi connectivity index (χ1v) is 7.69. The van der Waals surface area contributed by atoms with E-state index in [1.807, 2.05) is 4.68 Å². The summed E-state index contributed by atoms with van der Waals surface area (Å²) in [7, 11) is 1.69. The van der Waals surface area contributed by atoms with E-state index in [9.17, 15) is 0 Å². The zero-order valence-electron chi connectivity index (χ0n) is 12.7. The number of ether oxygens (including phenoxy) is 1. The summed E-state index contributed by atoms with van der Waals surface area (Å²) in [5.74, 6) is 1.16. The van der Waals surface area contributed by atoms with Gasteiger partial charge in [0.25, 0.3) is 0 Å². The molecular weight excluding hydrogens is 262 g/mol. The van der Waals surface area contributed by atoms with Gasteiger partial charge in [-0.25, -0.2) is 0 Å². The number of nitrogens with zero attached hydrogens (tertiary/aromatic N) is 2. The summed E-state index contributed by atoms with van der Waals surface area (Å²) in [6.45, 7) is 3.02. The molecule has 1 aliphatic rings. The van der Waals surface area contributed by atoms with E-state index in [1.165, 1.54) is 11.1 Å².